The Morgan fingerprint density at radius 3 is 2.77 bits per heavy atom. The number of rotatable bonds is 5. The highest BCUT2D eigenvalue weighted by atomic mass is 16.6. The lowest BCUT2D eigenvalue weighted by Crippen LogP contribution is -2.24. The van der Waals surface area contributed by atoms with Gasteiger partial charge in [-0.15, -0.1) is 0 Å². The summed E-state index contributed by atoms with van der Waals surface area (Å²) >= 11 is 0. The molecular weight excluding hydrogens is 282 g/mol. The molecule has 1 heterocycles. The zero-order valence-corrected chi connectivity index (χ0v) is 12.0. The molecule has 112 valence electrons. The number of likely N-dealkylation sites (N-methyl/N-ethyl adjacent to an activating group) is 1. The number of benzene rings is 1. The van der Waals surface area contributed by atoms with Gasteiger partial charge in [0.05, 0.1) is 11.5 Å². The van der Waals surface area contributed by atoms with Crippen LogP contribution in [0.2, 0.25) is 0 Å². The van der Waals surface area contributed by atoms with Crippen molar-refractivity contribution >= 4 is 17.7 Å². The van der Waals surface area contributed by atoms with Crippen molar-refractivity contribution in [3.63, 3.8) is 0 Å². The zero-order chi connectivity index (χ0) is 15.9. The molecule has 0 saturated carbocycles. The third-order valence-corrected chi connectivity index (χ3v) is 3.07. The molecule has 6 nitrogen and oxygen atoms in total. The molecule has 22 heavy (non-hydrogen) atoms. The summed E-state index contributed by atoms with van der Waals surface area (Å²) in [5, 5.41) is 11.0. The number of pyridine rings is 1. The normalized spacial score (nSPS) is 10.6. The van der Waals surface area contributed by atoms with Gasteiger partial charge in [0.25, 0.3) is 5.69 Å². The molecule has 0 aliphatic carbocycles. The van der Waals surface area contributed by atoms with Crippen LogP contribution >= 0.6 is 0 Å². The summed E-state index contributed by atoms with van der Waals surface area (Å²) in [6.45, 7) is 0.174. The van der Waals surface area contributed by atoms with E-state index in [9.17, 15) is 14.9 Å². The maximum atomic E-state index is 12.1. The number of carbonyl (C=O) groups is 1. The molecular formula is C16H15N3O3. The fourth-order valence-electron chi connectivity index (χ4n) is 1.93. The second kappa shape index (κ2) is 7.12. The first-order valence-corrected chi connectivity index (χ1v) is 6.63. The van der Waals surface area contributed by atoms with Crippen molar-refractivity contribution in [1.82, 2.24) is 9.88 Å². The molecule has 1 aromatic carbocycles. The second-order valence-electron chi connectivity index (χ2n) is 4.70. The summed E-state index contributed by atoms with van der Waals surface area (Å²) < 4.78 is 0. The minimum Gasteiger partial charge on any atom is -0.338 e. The Bertz CT molecular complexity index is 699. The Balaban J connectivity index is 2.06. The molecule has 2 aromatic rings. The van der Waals surface area contributed by atoms with Crippen LogP contribution in [0.15, 0.2) is 54.9 Å². The van der Waals surface area contributed by atoms with Gasteiger partial charge >= 0.3 is 0 Å². The van der Waals surface area contributed by atoms with Crippen molar-refractivity contribution in [3.05, 3.63) is 76.1 Å². The standard InChI is InChI=1S/C16H15N3O3/c1-18(12-14-6-2-3-7-15(14)19(21)22)16(20)9-8-13-5-4-10-17-11-13/h2-11H,12H2,1H3/b9-8+. The molecule has 0 spiro atoms. The fraction of sp³-hybridized carbons (Fsp3) is 0.125. The highest BCUT2D eigenvalue weighted by molar-refractivity contribution is 5.91. The number of hydrogen-bond donors (Lipinski definition) is 0. The smallest absolute Gasteiger partial charge is 0.274 e. The first kappa shape index (κ1) is 15.4. The minimum atomic E-state index is -0.445. The molecule has 0 radical (unpaired) electrons. The largest absolute Gasteiger partial charge is 0.338 e. The average Bonchev–Trinajstić information content (AvgIpc) is 2.53. The number of para-hydroxylation sites is 1. The van der Waals surface area contributed by atoms with Gasteiger partial charge < -0.3 is 4.90 Å². The number of nitrogens with zero attached hydrogens (tertiary/aromatic N) is 3. The van der Waals surface area contributed by atoms with Crippen LogP contribution < -0.4 is 0 Å². The van der Waals surface area contributed by atoms with Gasteiger partial charge in [0.2, 0.25) is 5.91 Å². The lowest BCUT2D eigenvalue weighted by atomic mass is 10.1. The van der Waals surface area contributed by atoms with E-state index in [1.807, 2.05) is 6.07 Å². The number of amides is 1. The van der Waals surface area contributed by atoms with Crippen LogP contribution in [-0.4, -0.2) is 27.8 Å². The van der Waals surface area contributed by atoms with E-state index in [4.69, 9.17) is 0 Å². The minimum absolute atomic E-state index is 0.0124. The summed E-state index contributed by atoms with van der Waals surface area (Å²) in [5.74, 6) is -0.234. The lowest BCUT2D eigenvalue weighted by Gasteiger charge is -2.15. The number of hydrogen-bond acceptors (Lipinski definition) is 4. The molecule has 1 amide bonds. The van der Waals surface area contributed by atoms with E-state index in [-0.39, 0.29) is 18.1 Å². The maximum absolute atomic E-state index is 12.1. The van der Waals surface area contributed by atoms with Gasteiger partial charge in [0.15, 0.2) is 0 Å². The SMILES string of the molecule is CN(Cc1ccccc1[N+](=O)[O-])C(=O)/C=C/c1cccnc1. The molecule has 0 aliphatic heterocycles. The van der Waals surface area contributed by atoms with E-state index in [1.54, 1.807) is 49.8 Å². The summed E-state index contributed by atoms with van der Waals surface area (Å²) in [4.78, 5) is 28.0. The second-order valence-corrected chi connectivity index (χ2v) is 4.70. The van der Waals surface area contributed by atoms with Crippen molar-refractivity contribution in [2.45, 2.75) is 6.54 Å². The van der Waals surface area contributed by atoms with Crippen LogP contribution in [0.25, 0.3) is 6.08 Å². The van der Waals surface area contributed by atoms with E-state index >= 15 is 0 Å². The molecule has 6 heteroatoms. The number of carbonyl (C=O) groups excluding carboxylic acids is 1. The van der Waals surface area contributed by atoms with E-state index in [0.717, 1.165) is 5.56 Å². The molecule has 0 aliphatic rings. The Kier molecular flexibility index (Phi) is 4.98. The fourth-order valence-corrected chi connectivity index (χ4v) is 1.93. The van der Waals surface area contributed by atoms with E-state index < -0.39 is 4.92 Å². The molecule has 0 unspecified atom stereocenters. The van der Waals surface area contributed by atoms with Gasteiger partial charge in [0, 0.05) is 37.1 Å². The van der Waals surface area contributed by atoms with Crippen molar-refractivity contribution in [1.29, 1.82) is 0 Å². The molecule has 0 bridgehead atoms. The number of nitro benzene ring substituents is 1. The van der Waals surface area contributed by atoms with Crippen LogP contribution in [-0.2, 0) is 11.3 Å². The van der Waals surface area contributed by atoms with Crippen LogP contribution in [0.4, 0.5) is 5.69 Å². The monoisotopic (exact) mass is 297 g/mol. The quantitative estimate of drug-likeness (QED) is 0.483. The van der Waals surface area contributed by atoms with Crippen LogP contribution in [0.1, 0.15) is 11.1 Å². The van der Waals surface area contributed by atoms with E-state index in [0.29, 0.717) is 5.56 Å². The Hall–Kier alpha value is -3.02. The Morgan fingerprint density at radius 1 is 1.32 bits per heavy atom. The summed E-state index contributed by atoms with van der Waals surface area (Å²) in [7, 11) is 1.60. The third-order valence-electron chi connectivity index (χ3n) is 3.07. The topological polar surface area (TPSA) is 76.3 Å². The van der Waals surface area contributed by atoms with Crippen molar-refractivity contribution in [2.75, 3.05) is 7.05 Å². The molecule has 0 atom stereocenters. The summed E-state index contributed by atoms with van der Waals surface area (Å²) in [5.41, 5.74) is 1.33. The highest BCUT2D eigenvalue weighted by Crippen LogP contribution is 2.19. The van der Waals surface area contributed by atoms with Crippen LogP contribution in [0.3, 0.4) is 0 Å². The lowest BCUT2D eigenvalue weighted by molar-refractivity contribution is -0.385. The number of nitro groups is 1. The predicted octanol–water partition coefficient (Wildman–Crippen LogP) is 2.66. The highest BCUT2D eigenvalue weighted by Gasteiger charge is 2.15. The first-order valence-electron chi connectivity index (χ1n) is 6.63. The van der Waals surface area contributed by atoms with Gasteiger partial charge in [-0.2, -0.15) is 0 Å². The van der Waals surface area contributed by atoms with Crippen molar-refractivity contribution < 1.29 is 9.72 Å². The Morgan fingerprint density at radius 2 is 2.09 bits per heavy atom. The molecule has 0 saturated heterocycles. The zero-order valence-electron chi connectivity index (χ0n) is 12.0. The summed E-state index contributed by atoms with van der Waals surface area (Å²) in [6, 6.07) is 10.0. The van der Waals surface area contributed by atoms with Gasteiger partial charge in [-0.05, 0) is 17.7 Å². The van der Waals surface area contributed by atoms with E-state index in [1.165, 1.54) is 17.0 Å². The van der Waals surface area contributed by atoms with Crippen molar-refractivity contribution in [2.24, 2.45) is 0 Å². The maximum Gasteiger partial charge on any atom is 0.274 e. The van der Waals surface area contributed by atoms with Gasteiger partial charge in [0.1, 0.15) is 0 Å². The van der Waals surface area contributed by atoms with Crippen LogP contribution in [0.5, 0.6) is 0 Å². The number of aromatic nitrogens is 1. The predicted molar refractivity (Wildman–Crippen MR) is 82.8 cm³/mol. The average molecular weight is 297 g/mol. The van der Waals surface area contributed by atoms with Crippen LogP contribution in [0, 0.1) is 10.1 Å². The Labute approximate surface area is 127 Å². The third kappa shape index (κ3) is 3.99. The van der Waals surface area contributed by atoms with Gasteiger partial charge in [-0.3, -0.25) is 19.9 Å². The van der Waals surface area contributed by atoms with E-state index in [2.05, 4.69) is 4.98 Å². The molecule has 0 N–H and O–H groups in total. The molecule has 0 fully saturated rings. The first-order chi connectivity index (χ1) is 10.6. The molecule has 1 aromatic heterocycles. The van der Waals surface area contributed by atoms with Gasteiger partial charge in [-0.1, -0.05) is 24.3 Å². The van der Waals surface area contributed by atoms with Crippen molar-refractivity contribution in [3.8, 4) is 0 Å². The molecule has 2 rings (SSSR count). The van der Waals surface area contributed by atoms with Gasteiger partial charge in [-0.25, -0.2) is 0 Å². The summed E-state index contributed by atoms with van der Waals surface area (Å²) in [6.07, 6.45) is 6.38.